The first-order valence-electron chi connectivity index (χ1n) is 8.93. The van der Waals surface area contributed by atoms with Crippen LogP contribution in [0.4, 0.5) is 8.78 Å². The highest BCUT2D eigenvalue weighted by molar-refractivity contribution is 5.46. The Balaban J connectivity index is 1.55. The third-order valence-corrected chi connectivity index (χ3v) is 4.49. The average molecular weight is 356 g/mol. The summed E-state index contributed by atoms with van der Waals surface area (Å²) >= 11 is 0. The third-order valence-electron chi connectivity index (χ3n) is 4.49. The highest BCUT2D eigenvalue weighted by Crippen LogP contribution is 2.33. The molecule has 1 aromatic rings. The minimum Gasteiger partial charge on any atom is -0.490 e. The number of ether oxygens (including phenoxy) is 3. The Labute approximate surface area is 147 Å². The van der Waals surface area contributed by atoms with E-state index in [9.17, 15) is 8.78 Å². The van der Waals surface area contributed by atoms with Crippen molar-refractivity contribution >= 4 is 0 Å². The standard InChI is InChI=1S/C18H26F2N2O3/c1-2-23-16-5-3-4-13(17(16)25-18(19)20)10-21-11-15-12-22(8-9-24-15)14-6-7-14/h3-5,14-15,18,21H,2,6-12H2,1H3. The molecule has 1 unspecified atom stereocenters. The van der Waals surface area contributed by atoms with E-state index in [0.29, 0.717) is 31.0 Å². The fourth-order valence-electron chi connectivity index (χ4n) is 3.20. The molecule has 0 radical (unpaired) electrons. The van der Waals surface area contributed by atoms with Gasteiger partial charge in [0, 0.05) is 37.8 Å². The Morgan fingerprint density at radius 1 is 1.36 bits per heavy atom. The SMILES string of the molecule is CCOc1cccc(CNCC2CN(C3CC3)CCO2)c1OC(F)F. The van der Waals surface area contributed by atoms with Gasteiger partial charge in [-0.1, -0.05) is 12.1 Å². The average Bonchev–Trinajstić information content (AvgIpc) is 3.43. The van der Waals surface area contributed by atoms with Crippen molar-refractivity contribution in [3.8, 4) is 11.5 Å². The molecule has 140 valence electrons. The molecular formula is C18H26F2N2O3. The maximum Gasteiger partial charge on any atom is 0.387 e. The number of nitrogens with one attached hydrogen (secondary N) is 1. The number of hydrogen-bond acceptors (Lipinski definition) is 5. The van der Waals surface area contributed by atoms with Crippen molar-refractivity contribution in [1.29, 1.82) is 0 Å². The van der Waals surface area contributed by atoms with E-state index in [4.69, 9.17) is 14.2 Å². The first kappa shape index (κ1) is 18.4. The monoisotopic (exact) mass is 356 g/mol. The van der Waals surface area contributed by atoms with Gasteiger partial charge < -0.3 is 19.5 Å². The molecule has 2 fully saturated rings. The van der Waals surface area contributed by atoms with Crippen LogP contribution in [0, 0.1) is 0 Å². The Bertz CT molecular complexity index is 555. The Morgan fingerprint density at radius 3 is 2.92 bits per heavy atom. The van der Waals surface area contributed by atoms with Crippen LogP contribution < -0.4 is 14.8 Å². The molecule has 1 aliphatic carbocycles. The Hall–Kier alpha value is -1.44. The molecule has 1 aliphatic heterocycles. The lowest BCUT2D eigenvalue weighted by molar-refractivity contribution is -0.0522. The summed E-state index contributed by atoms with van der Waals surface area (Å²) in [4.78, 5) is 2.48. The van der Waals surface area contributed by atoms with Crippen molar-refractivity contribution < 1.29 is 23.0 Å². The summed E-state index contributed by atoms with van der Waals surface area (Å²) in [6, 6.07) is 5.93. The van der Waals surface area contributed by atoms with Crippen molar-refractivity contribution in [3.63, 3.8) is 0 Å². The molecular weight excluding hydrogens is 330 g/mol. The number of hydrogen-bond donors (Lipinski definition) is 1. The number of halogens is 2. The largest absolute Gasteiger partial charge is 0.490 e. The van der Waals surface area contributed by atoms with Gasteiger partial charge in [0.25, 0.3) is 0 Å². The minimum atomic E-state index is -2.88. The fraction of sp³-hybridized carbons (Fsp3) is 0.667. The van der Waals surface area contributed by atoms with Crippen molar-refractivity contribution in [2.75, 3.05) is 32.8 Å². The fourth-order valence-corrected chi connectivity index (χ4v) is 3.20. The van der Waals surface area contributed by atoms with Gasteiger partial charge in [-0.25, -0.2) is 0 Å². The van der Waals surface area contributed by atoms with Gasteiger partial charge in [-0.3, -0.25) is 4.90 Å². The van der Waals surface area contributed by atoms with E-state index in [1.54, 1.807) is 18.2 Å². The van der Waals surface area contributed by atoms with Crippen LogP contribution in [-0.4, -0.2) is 56.5 Å². The van der Waals surface area contributed by atoms with Crippen LogP contribution in [0.3, 0.4) is 0 Å². The molecule has 3 rings (SSSR count). The van der Waals surface area contributed by atoms with Crippen LogP contribution >= 0.6 is 0 Å². The molecule has 1 atom stereocenters. The molecule has 7 heteroatoms. The number of benzene rings is 1. The molecule has 2 aliphatic rings. The summed E-state index contributed by atoms with van der Waals surface area (Å²) in [5, 5.41) is 3.30. The van der Waals surface area contributed by atoms with Crippen LogP contribution in [0.1, 0.15) is 25.3 Å². The molecule has 0 amide bonds. The Kier molecular flexibility index (Phi) is 6.45. The molecule has 0 aromatic heterocycles. The summed E-state index contributed by atoms with van der Waals surface area (Å²) in [5.74, 6) is 0.451. The molecule has 1 saturated heterocycles. The molecule has 0 spiro atoms. The summed E-state index contributed by atoms with van der Waals surface area (Å²) in [6.07, 6.45) is 2.71. The zero-order valence-electron chi connectivity index (χ0n) is 14.5. The topological polar surface area (TPSA) is 43.0 Å². The predicted octanol–water partition coefficient (Wildman–Crippen LogP) is 2.64. The van der Waals surface area contributed by atoms with Gasteiger partial charge in [-0.05, 0) is 25.8 Å². The van der Waals surface area contributed by atoms with E-state index in [2.05, 4.69) is 10.2 Å². The van der Waals surface area contributed by atoms with E-state index >= 15 is 0 Å². The van der Waals surface area contributed by atoms with Gasteiger partial charge in [-0.15, -0.1) is 0 Å². The van der Waals surface area contributed by atoms with Crippen molar-refractivity contribution in [2.24, 2.45) is 0 Å². The van der Waals surface area contributed by atoms with E-state index in [1.807, 2.05) is 6.92 Å². The van der Waals surface area contributed by atoms with Crippen molar-refractivity contribution in [2.45, 2.75) is 45.1 Å². The number of rotatable bonds is 9. The first-order valence-corrected chi connectivity index (χ1v) is 8.93. The zero-order chi connectivity index (χ0) is 17.6. The van der Waals surface area contributed by atoms with E-state index in [1.165, 1.54) is 12.8 Å². The van der Waals surface area contributed by atoms with Gasteiger partial charge >= 0.3 is 6.61 Å². The van der Waals surface area contributed by atoms with Crippen LogP contribution in [0.25, 0.3) is 0 Å². The third kappa shape index (κ3) is 5.26. The molecule has 0 bridgehead atoms. The lowest BCUT2D eigenvalue weighted by Gasteiger charge is -2.33. The van der Waals surface area contributed by atoms with Gasteiger partial charge in [-0.2, -0.15) is 8.78 Å². The van der Waals surface area contributed by atoms with Gasteiger partial charge in [0.1, 0.15) is 0 Å². The quantitative estimate of drug-likeness (QED) is 0.737. The lowest BCUT2D eigenvalue weighted by atomic mass is 10.1. The molecule has 1 heterocycles. The van der Waals surface area contributed by atoms with Crippen LogP contribution in [-0.2, 0) is 11.3 Å². The molecule has 25 heavy (non-hydrogen) atoms. The molecule has 1 saturated carbocycles. The molecule has 1 aromatic carbocycles. The number of alkyl halides is 2. The van der Waals surface area contributed by atoms with Crippen LogP contribution in [0.15, 0.2) is 18.2 Å². The normalized spacial score (nSPS) is 21.5. The van der Waals surface area contributed by atoms with Gasteiger partial charge in [0.15, 0.2) is 11.5 Å². The second-order valence-corrected chi connectivity index (χ2v) is 6.41. The first-order chi connectivity index (χ1) is 12.2. The number of para-hydroxylation sites is 1. The number of nitrogens with zero attached hydrogens (tertiary/aromatic N) is 1. The second kappa shape index (κ2) is 8.78. The summed E-state index contributed by atoms with van der Waals surface area (Å²) in [6.45, 7) is 3.10. The zero-order valence-corrected chi connectivity index (χ0v) is 14.5. The lowest BCUT2D eigenvalue weighted by Crippen LogP contribution is -2.47. The van der Waals surface area contributed by atoms with Crippen molar-refractivity contribution in [3.05, 3.63) is 23.8 Å². The highest BCUT2D eigenvalue weighted by atomic mass is 19.3. The number of morpholine rings is 1. The van der Waals surface area contributed by atoms with Gasteiger partial charge in [0.05, 0.1) is 19.3 Å². The van der Waals surface area contributed by atoms with Crippen molar-refractivity contribution in [1.82, 2.24) is 10.2 Å². The highest BCUT2D eigenvalue weighted by Gasteiger charge is 2.32. The maximum absolute atomic E-state index is 12.7. The van der Waals surface area contributed by atoms with E-state index < -0.39 is 6.61 Å². The second-order valence-electron chi connectivity index (χ2n) is 6.41. The summed E-state index contributed by atoms with van der Waals surface area (Å²) in [7, 11) is 0. The predicted molar refractivity (Wildman–Crippen MR) is 90.3 cm³/mol. The molecule has 5 nitrogen and oxygen atoms in total. The minimum absolute atomic E-state index is 0.107. The van der Waals surface area contributed by atoms with E-state index in [-0.39, 0.29) is 11.9 Å². The summed E-state index contributed by atoms with van der Waals surface area (Å²) in [5.41, 5.74) is 0.654. The van der Waals surface area contributed by atoms with Gasteiger partial charge in [0.2, 0.25) is 0 Å². The maximum atomic E-state index is 12.7. The van der Waals surface area contributed by atoms with Crippen LogP contribution in [0.2, 0.25) is 0 Å². The Morgan fingerprint density at radius 2 is 2.20 bits per heavy atom. The van der Waals surface area contributed by atoms with Crippen LogP contribution in [0.5, 0.6) is 11.5 Å². The van der Waals surface area contributed by atoms with E-state index in [0.717, 1.165) is 25.7 Å². The summed E-state index contributed by atoms with van der Waals surface area (Å²) < 4.78 is 41.4. The molecule has 1 N–H and O–H groups in total. The smallest absolute Gasteiger partial charge is 0.387 e.